The van der Waals surface area contributed by atoms with E-state index in [1.807, 2.05) is 48.9 Å². The van der Waals surface area contributed by atoms with Crippen LogP contribution in [0.3, 0.4) is 0 Å². The van der Waals surface area contributed by atoms with E-state index in [9.17, 15) is 17.6 Å². The summed E-state index contributed by atoms with van der Waals surface area (Å²) >= 11 is 0. The van der Waals surface area contributed by atoms with Crippen molar-refractivity contribution in [3.8, 4) is 5.69 Å². The zero-order valence-corrected chi connectivity index (χ0v) is 20.0. The summed E-state index contributed by atoms with van der Waals surface area (Å²) in [7, 11) is -3.74. The molecule has 0 aliphatic carbocycles. The largest absolute Gasteiger partial charge is 0.338 e. The first kappa shape index (κ1) is 23.8. The molecule has 9 heteroatoms. The van der Waals surface area contributed by atoms with Crippen molar-refractivity contribution in [2.24, 2.45) is 0 Å². The molecule has 1 saturated heterocycles. The molecule has 2 heterocycles. The minimum atomic E-state index is -3.74. The van der Waals surface area contributed by atoms with Gasteiger partial charge in [0.1, 0.15) is 5.82 Å². The number of benzene rings is 2. The van der Waals surface area contributed by atoms with Crippen molar-refractivity contribution in [2.45, 2.75) is 25.2 Å². The number of rotatable bonds is 5. The standard InChI is InChI=1S/C25H27FN4O3S/c1-19-24(20(2)30(27-19)22-7-4-3-5-8-22)13-14-25(31)28-15-6-16-29(18-17-28)34(32,33)23-11-9-21(26)10-12-23/h3-5,7-14H,6,15-18H2,1-2H3. The first-order chi connectivity index (χ1) is 16.3. The molecule has 0 spiro atoms. The lowest BCUT2D eigenvalue weighted by Gasteiger charge is -2.21. The van der Waals surface area contributed by atoms with Crippen LogP contribution in [0.2, 0.25) is 0 Å². The van der Waals surface area contributed by atoms with E-state index in [1.165, 1.54) is 22.5 Å². The SMILES string of the molecule is Cc1nn(-c2ccccc2)c(C)c1C=CC(=O)N1CCCN(S(=O)(=O)c2ccc(F)cc2)CC1. The molecule has 0 unspecified atom stereocenters. The molecule has 178 valence electrons. The van der Waals surface area contributed by atoms with Crippen LogP contribution < -0.4 is 0 Å². The number of hydrogen-bond acceptors (Lipinski definition) is 4. The zero-order chi connectivity index (χ0) is 24.3. The van der Waals surface area contributed by atoms with Gasteiger partial charge in [-0.1, -0.05) is 18.2 Å². The molecule has 3 aromatic rings. The van der Waals surface area contributed by atoms with Crippen LogP contribution in [0.25, 0.3) is 11.8 Å². The van der Waals surface area contributed by atoms with E-state index >= 15 is 0 Å². The summed E-state index contributed by atoms with van der Waals surface area (Å²) < 4.78 is 42.2. The maximum atomic E-state index is 13.2. The number of amides is 1. The van der Waals surface area contributed by atoms with Gasteiger partial charge in [0, 0.05) is 43.5 Å². The number of aromatic nitrogens is 2. The number of para-hydroxylation sites is 1. The third-order valence-electron chi connectivity index (χ3n) is 5.96. The Balaban J connectivity index is 1.45. The highest BCUT2D eigenvalue weighted by atomic mass is 32.2. The maximum Gasteiger partial charge on any atom is 0.246 e. The molecule has 0 saturated carbocycles. The van der Waals surface area contributed by atoms with Gasteiger partial charge in [0.15, 0.2) is 0 Å². The Labute approximate surface area is 199 Å². The van der Waals surface area contributed by atoms with E-state index in [1.54, 1.807) is 11.0 Å². The van der Waals surface area contributed by atoms with Gasteiger partial charge >= 0.3 is 0 Å². The Morgan fingerprint density at radius 2 is 1.68 bits per heavy atom. The fourth-order valence-electron chi connectivity index (χ4n) is 4.09. The van der Waals surface area contributed by atoms with E-state index in [4.69, 9.17) is 0 Å². The highest BCUT2D eigenvalue weighted by Gasteiger charge is 2.28. The molecule has 1 aliphatic rings. The van der Waals surface area contributed by atoms with Gasteiger partial charge in [0.05, 0.1) is 16.3 Å². The first-order valence-electron chi connectivity index (χ1n) is 11.1. The molecule has 1 amide bonds. The normalized spacial score (nSPS) is 15.6. The van der Waals surface area contributed by atoms with Crippen molar-refractivity contribution in [3.63, 3.8) is 0 Å². The second-order valence-electron chi connectivity index (χ2n) is 8.20. The molecule has 0 bridgehead atoms. The lowest BCUT2D eigenvalue weighted by Crippen LogP contribution is -2.36. The molecule has 34 heavy (non-hydrogen) atoms. The summed E-state index contributed by atoms with van der Waals surface area (Å²) in [6.45, 7) is 5.09. The molecule has 0 radical (unpaired) electrons. The molecule has 0 atom stereocenters. The highest BCUT2D eigenvalue weighted by Crippen LogP contribution is 2.21. The van der Waals surface area contributed by atoms with Crippen LogP contribution in [0, 0.1) is 19.7 Å². The Bertz CT molecular complexity index is 1300. The van der Waals surface area contributed by atoms with E-state index in [0.717, 1.165) is 34.8 Å². The van der Waals surface area contributed by atoms with Crippen LogP contribution in [0.1, 0.15) is 23.4 Å². The number of hydrogen-bond donors (Lipinski definition) is 0. The number of nitrogens with zero attached hydrogens (tertiary/aromatic N) is 4. The Morgan fingerprint density at radius 3 is 2.38 bits per heavy atom. The van der Waals surface area contributed by atoms with Crippen molar-refractivity contribution < 1.29 is 17.6 Å². The Morgan fingerprint density at radius 1 is 0.971 bits per heavy atom. The molecule has 2 aromatic carbocycles. The molecule has 1 aromatic heterocycles. The van der Waals surface area contributed by atoms with Crippen LogP contribution in [0.15, 0.2) is 65.6 Å². The van der Waals surface area contributed by atoms with Gasteiger partial charge in [0.2, 0.25) is 15.9 Å². The quantitative estimate of drug-likeness (QED) is 0.521. The minimum absolute atomic E-state index is 0.0509. The second-order valence-corrected chi connectivity index (χ2v) is 10.1. The third-order valence-corrected chi connectivity index (χ3v) is 7.87. The van der Waals surface area contributed by atoms with Gasteiger partial charge in [-0.25, -0.2) is 17.5 Å². The number of aryl methyl sites for hydroxylation is 1. The molecule has 0 N–H and O–H groups in total. The fraction of sp³-hybridized carbons (Fsp3) is 0.280. The third kappa shape index (κ3) is 4.95. The van der Waals surface area contributed by atoms with Crippen LogP contribution in [-0.4, -0.2) is 59.5 Å². The van der Waals surface area contributed by atoms with Crippen molar-refractivity contribution in [1.82, 2.24) is 19.0 Å². The number of halogens is 1. The average Bonchev–Trinajstić information content (AvgIpc) is 2.99. The van der Waals surface area contributed by atoms with Crippen molar-refractivity contribution in [1.29, 1.82) is 0 Å². The first-order valence-corrected chi connectivity index (χ1v) is 12.6. The summed E-state index contributed by atoms with van der Waals surface area (Å²) in [6.07, 6.45) is 3.82. The number of carbonyl (C=O) groups excluding carboxylic acids is 1. The Hall–Kier alpha value is -3.30. The predicted octanol–water partition coefficient (Wildman–Crippen LogP) is 3.56. The van der Waals surface area contributed by atoms with Gasteiger partial charge in [-0.2, -0.15) is 9.40 Å². The fourth-order valence-corrected chi connectivity index (χ4v) is 5.56. The van der Waals surface area contributed by atoms with Crippen LogP contribution in [0.4, 0.5) is 4.39 Å². The van der Waals surface area contributed by atoms with E-state index < -0.39 is 15.8 Å². The Kier molecular flexibility index (Phi) is 6.95. The molecule has 7 nitrogen and oxygen atoms in total. The number of carbonyl (C=O) groups is 1. The van der Waals surface area contributed by atoms with Crippen LogP contribution in [0.5, 0.6) is 0 Å². The van der Waals surface area contributed by atoms with E-state index in [-0.39, 0.29) is 23.9 Å². The lowest BCUT2D eigenvalue weighted by atomic mass is 10.1. The van der Waals surface area contributed by atoms with Crippen LogP contribution >= 0.6 is 0 Å². The zero-order valence-electron chi connectivity index (χ0n) is 19.2. The van der Waals surface area contributed by atoms with Gasteiger partial charge in [-0.05, 0) is 62.7 Å². The van der Waals surface area contributed by atoms with Crippen molar-refractivity contribution in [3.05, 3.63) is 83.4 Å². The smallest absolute Gasteiger partial charge is 0.246 e. The highest BCUT2D eigenvalue weighted by molar-refractivity contribution is 7.89. The summed E-state index contributed by atoms with van der Waals surface area (Å²) in [5.74, 6) is -0.662. The van der Waals surface area contributed by atoms with Crippen LogP contribution in [-0.2, 0) is 14.8 Å². The summed E-state index contributed by atoms with van der Waals surface area (Å²) in [6, 6.07) is 14.6. The molecule has 4 rings (SSSR count). The lowest BCUT2D eigenvalue weighted by molar-refractivity contribution is -0.125. The minimum Gasteiger partial charge on any atom is -0.338 e. The molecule has 1 aliphatic heterocycles. The van der Waals surface area contributed by atoms with E-state index in [0.29, 0.717) is 19.5 Å². The van der Waals surface area contributed by atoms with Crippen molar-refractivity contribution in [2.75, 3.05) is 26.2 Å². The average molecular weight is 483 g/mol. The van der Waals surface area contributed by atoms with Gasteiger partial charge in [-0.15, -0.1) is 0 Å². The molecular weight excluding hydrogens is 455 g/mol. The topological polar surface area (TPSA) is 75.5 Å². The van der Waals surface area contributed by atoms with Gasteiger partial charge in [0.25, 0.3) is 0 Å². The summed E-state index contributed by atoms with van der Waals surface area (Å²) in [5, 5.41) is 4.60. The predicted molar refractivity (Wildman–Crippen MR) is 128 cm³/mol. The summed E-state index contributed by atoms with van der Waals surface area (Å²) in [4.78, 5) is 14.6. The van der Waals surface area contributed by atoms with Gasteiger partial charge in [-0.3, -0.25) is 4.79 Å². The monoisotopic (exact) mass is 482 g/mol. The second kappa shape index (κ2) is 9.90. The molecule has 1 fully saturated rings. The van der Waals surface area contributed by atoms with E-state index in [2.05, 4.69) is 5.10 Å². The maximum absolute atomic E-state index is 13.2. The van der Waals surface area contributed by atoms with Gasteiger partial charge < -0.3 is 4.90 Å². The number of sulfonamides is 1. The molecular formula is C25H27FN4O3S. The summed E-state index contributed by atoms with van der Waals surface area (Å²) in [5.41, 5.74) is 3.58. The van der Waals surface area contributed by atoms with Crippen molar-refractivity contribution >= 4 is 22.0 Å².